The van der Waals surface area contributed by atoms with Gasteiger partial charge in [0.05, 0.1) is 24.2 Å². The fourth-order valence-corrected chi connectivity index (χ4v) is 4.23. The fourth-order valence-electron chi connectivity index (χ4n) is 4.23. The third kappa shape index (κ3) is 4.37. The summed E-state index contributed by atoms with van der Waals surface area (Å²) in [5.74, 6) is -0.474. The third-order valence-electron chi connectivity index (χ3n) is 5.70. The number of carbonyl (C=O) groups is 3. The summed E-state index contributed by atoms with van der Waals surface area (Å²) in [6, 6.07) is 23.5. The Bertz CT molecular complexity index is 1210. The fraction of sp³-hybridized carbons (Fsp3) is 0.222. The van der Waals surface area contributed by atoms with Crippen molar-refractivity contribution in [2.24, 2.45) is 0 Å². The molecule has 0 N–H and O–H groups in total. The van der Waals surface area contributed by atoms with E-state index < -0.39 is 5.91 Å². The molecule has 0 unspecified atom stereocenters. The van der Waals surface area contributed by atoms with Crippen LogP contribution in [0.2, 0.25) is 0 Å². The van der Waals surface area contributed by atoms with Crippen molar-refractivity contribution >= 4 is 40.5 Å². The van der Waals surface area contributed by atoms with Crippen molar-refractivity contribution in [3.05, 3.63) is 78.9 Å². The van der Waals surface area contributed by atoms with Crippen molar-refractivity contribution in [3.8, 4) is 5.75 Å². The molecule has 3 aromatic rings. The Kier molecular flexibility index (Phi) is 6.63. The van der Waals surface area contributed by atoms with Crippen molar-refractivity contribution in [2.45, 2.75) is 26.3 Å². The topological polar surface area (TPSA) is 70.2 Å². The maximum atomic E-state index is 13.6. The molecule has 0 aliphatic carbocycles. The second-order valence-corrected chi connectivity index (χ2v) is 8.24. The van der Waals surface area contributed by atoms with Gasteiger partial charge in [0.25, 0.3) is 0 Å². The van der Waals surface area contributed by atoms with Gasteiger partial charge in [-0.3, -0.25) is 19.3 Å². The van der Waals surface area contributed by atoms with Gasteiger partial charge in [-0.2, -0.15) is 0 Å². The lowest BCUT2D eigenvalue weighted by Gasteiger charge is -2.31. The molecule has 1 aliphatic heterocycles. The number of hydrogen-bond acceptors (Lipinski definition) is 4. The highest BCUT2D eigenvalue weighted by atomic mass is 16.5. The van der Waals surface area contributed by atoms with Crippen molar-refractivity contribution in [2.75, 3.05) is 28.4 Å². The minimum atomic E-state index is -0.423. The molecule has 0 radical (unpaired) electrons. The van der Waals surface area contributed by atoms with Gasteiger partial charge in [-0.25, -0.2) is 0 Å². The SMILES string of the molecule is COc1ccccc1N(C(=O)CN1C(=O)CC(=O)N(c2ccccc2)c2ccccc21)C(C)C. The van der Waals surface area contributed by atoms with Crippen molar-refractivity contribution in [1.82, 2.24) is 0 Å². The predicted molar refractivity (Wildman–Crippen MR) is 133 cm³/mol. The lowest BCUT2D eigenvalue weighted by atomic mass is 10.2. The highest BCUT2D eigenvalue weighted by molar-refractivity contribution is 6.19. The summed E-state index contributed by atoms with van der Waals surface area (Å²) in [7, 11) is 1.56. The molecule has 1 aliphatic rings. The second kappa shape index (κ2) is 9.79. The van der Waals surface area contributed by atoms with Gasteiger partial charge in [-0.05, 0) is 50.2 Å². The first kappa shape index (κ1) is 23.0. The quantitative estimate of drug-likeness (QED) is 0.510. The van der Waals surface area contributed by atoms with E-state index in [2.05, 4.69) is 0 Å². The summed E-state index contributed by atoms with van der Waals surface area (Å²) in [4.78, 5) is 44.5. The molecule has 0 fully saturated rings. The summed E-state index contributed by atoms with van der Waals surface area (Å²) in [6.45, 7) is 3.61. The van der Waals surface area contributed by atoms with Gasteiger partial charge in [0.2, 0.25) is 17.7 Å². The summed E-state index contributed by atoms with van der Waals surface area (Å²) in [5, 5.41) is 0. The number of nitrogens with zero attached hydrogens (tertiary/aromatic N) is 3. The Morgan fingerprint density at radius 3 is 2.18 bits per heavy atom. The molecular weight excluding hydrogens is 430 g/mol. The largest absolute Gasteiger partial charge is 0.495 e. The van der Waals surface area contributed by atoms with E-state index in [-0.39, 0.29) is 30.8 Å². The lowest BCUT2D eigenvalue weighted by Crippen LogP contribution is -2.46. The average Bonchev–Trinajstić information content (AvgIpc) is 2.93. The lowest BCUT2D eigenvalue weighted by molar-refractivity contribution is -0.127. The normalized spacial score (nSPS) is 13.5. The molecular formula is C27H27N3O4. The van der Waals surface area contributed by atoms with Gasteiger partial charge in [0.15, 0.2) is 0 Å². The number of hydrogen-bond donors (Lipinski definition) is 0. The molecule has 3 aromatic carbocycles. The zero-order valence-corrected chi connectivity index (χ0v) is 19.5. The molecule has 0 atom stereocenters. The van der Waals surface area contributed by atoms with E-state index in [4.69, 9.17) is 4.74 Å². The number of benzene rings is 3. The summed E-state index contributed by atoms with van der Waals surface area (Å²) < 4.78 is 5.47. The zero-order valence-electron chi connectivity index (χ0n) is 19.5. The Morgan fingerprint density at radius 2 is 1.50 bits per heavy atom. The number of rotatable bonds is 6. The minimum absolute atomic E-state index is 0.177. The van der Waals surface area contributed by atoms with Crippen molar-refractivity contribution < 1.29 is 19.1 Å². The molecule has 1 heterocycles. The van der Waals surface area contributed by atoms with Crippen LogP contribution in [0, 0.1) is 0 Å². The number of fused-ring (bicyclic) bond motifs is 1. The van der Waals surface area contributed by atoms with Crippen LogP contribution < -0.4 is 19.4 Å². The highest BCUT2D eigenvalue weighted by Gasteiger charge is 2.34. The maximum Gasteiger partial charge on any atom is 0.247 e. The van der Waals surface area contributed by atoms with Gasteiger partial charge >= 0.3 is 0 Å². The standard InChI is InChI=1S/C27H27N3O4/c1-19(2)29(23-15-9-10-16-24(23)34-3)27(33)18-28-21-13-7-8-14-22(21)30(26(32)17-25(28)31)20-11-5-4-6-12-20/h4-16,19H,17-18H2,1-3H3. The first-order valence-corrected chi connectivity index (χ1v) is 11.1. The molecule has 0 bridgehead atoms. The molecule has 4 rings (SSSR count). The van der Waals surface area contributed by atoms with E-state index in [9.17, 15) is 14.4 Å². The molecule has 0 aromatic heterocycles. The maximum absolute atomic E-state index is 13.6. The number of methoxy groups -OCH3 is 1. The van der Waals surface area contributed by atoms with E-state index in [0.717, 1.165) is 0 Å². The van der Waals surface area contributed by atoms with Crippen LogP contribution in [0.5, 0.6) is 5.75 Å². The highest BCUT2D eigenvalue weighted by Crippen LogP contribution is 2.38. The molecule has 0 spiro atoms. The van der Waals surface area contributed by atoms with Crippen LogP contribution in [-0.4, -0.2) is 37.4 Å². The van der Waals surface area contributed by atoms with Gasteiger partial charge in [-0.15, -0.1) is 0 Å². The van der Waals surface area contributed by atoms with Gasteiger partial charge < -0.3 is 14.5 Å². The van der Waals surface area contributed by atoms with Gasteiger partial charge in [0.1, 0.15) is 18.7 Å². The van der Waals surface area contributed by atoms with E-state index in [1.165, 1.54) is 9.80 Å². The smallest absolute Gasteiger partial charge is 0.247 e. The molecule has 7 heteroatoms. The molecule has 7 nitrogen and oxygen atoms in total. The van der Waals surface area contributed by atoms with E-state index in [1.807, 2.05) is 68.4 Å². The van der Waals surface area contributed by atoms with E-state index in [0.29, 0.717) is 28.5 Å². The summed E-state index contributed by atoms with van der Waals surface area (Å²) in [6.07, 6.45) is -0.340. The third-order valence-corrected chi connectivity index (χ3v) is 5.70. The first-order chi connectivity index (χ1) is 16.4. The van der Waals surface area contributed by atoms with Crippen LogP contribution in [0.15, 0.2) is 78.9 Å². The van der Waals surface area contributed by atoms with Gasteiger partial charge in [-0.1, -0.05) is 42.5 Å². The van der Waals surface area contributed by atoms with Crippen LogP contribution in [0.1, 0.15) is 20.3 Å². The number of anilines is 4. The van der Waals surface area contributed by atoms with E-state index >= 15 is 0 Å². The zero-order chi connectivity index (χ0) is 24.2. The Hall–Kier alpha value is -4.13. The molecule has 0 saturated heterocycles. The molecule has 3 amide bonds. The Labute approximate surface area is 199 Å². The number of carbonyl (C=O) groups excluding carboxylic acids is 3. The Morgan fingerprint density at radius 1 is 0.882 bits per heavy atom. The molecule has 174 valence electrons. The van der Waals surface area contributed by atoms with Crippen LogP contribution in [0.25, 0.3) is 0 Å². The van der Waals surface area contributed by atoms with Crippen LogP contribution >= 0.6 is 0 Å². The average molecular weight is 458 g/mol. The van der Waals surface area contributed by atoms with Crippen molar-refractivity contribution in [3.63, 3.8) is 0 Å². The predicted octanol–water partition coefficient (Wildman–Crippen LogP) is 4.54. The Balaban J connectivity index is 1.74. The van der Waals surface area contributed by atoms with Crippen LogP contribution in [0.3, 0.4) is 0 Å². The van der Waals surface area contributed by atoms with E-state index in [1.54, 1.807) is 36.3 Å². The second-order valence-electron chi connectivity index (χ2n) is 8.24. The molecule has 34 heavy (non-hydrogen) atoms. The first-order valence-electron chi connectivity index (χ1n) is 11.1. The van der Waals surface area contributed by atoms with Crippen LogP contribution in [0.4, 0.5) is 22.7 Å². The molecule has 0 saturated carbocycles. The number of para-hydroxylation sites is 5. The van der Waals surface area contributed by atoms with Crippen LogP contribution in [-0.2, 0) is 14.4 Å². The van der Waals surface area contributed by atoms with Crippen molar-refractivity contribution in [1.29, 1.82) is 0 Å². The number of amides is 3. The number of ether oxygens (including phenoxy) is 1. The monoisotopic (exact) mass is 457 g/mol. The summed E-state index contributed by atoms with van der Waals surface area (Å²) in [5.41, 5.74) is 2.37. The summed E-state index contributed by atoms with van der Waals surface area (Å²) >= 11 is 0. The van der Waals surface area contributed by atoms with Gasteiger partial charge in [0, 0.05) is 11.7 Å². The minimum Gasteiger partial charge on any atom is -0.495 e.